The van der Waals surface area contributed by atoms with Gasteiger partial charge in [-0.15, -0.1) is 0 Å². The summed E-state index contributed by atoms with van der Waals surface area (Å²) in [6.07, 6.45) is 2.45. The summed E-state index contributed by atoms with van der Waals surface area (Å²) in [5.74, 6) is -0.182. The molecule has 0 saturated heterocycles. The fraction of sp³-hybridized carbons (Fsp3) is 0.235. The van der Waals surface area contributed by atoms with Crippen LogP contribution >= 0.6 is 0 Å². The third kappa shape index (κ3) is 3.83. The second-order valence-corrected chi connectivity index (χ2v) is 5.00. The van der Waals surface area contributed by atoms with Crippen LogP contribution in [0.2, 0.25) is 0 Å². The van der Waals surface area contributed by atoms with Crippen LogP contribution in [0.25, 0.3) is 0 Å². The first-order valence-corrected chi connectivity index (χ1v) is 7.17. The van der Waals surface area contributed by atoms with Gasteiger partial charge < -0.3 is 10.6 Å². The maximum atomic E-state index is 11.9. The topological polar surface area (TPSA) is 77.8 Å². The van der Waals surface area contributed by atoms with Gasteiger partial charge in [0.25, 0.3) is 5.91 Å². The summed E-state index contributed by atoms with van der Waals surface area (Å²) in [5.41, 5.74) is 2.37. The van der Waals surface area contributed by atoms with Crippen molar-refractivity contribution in [2.24, 2.45) is 0 Å². The molecule has 2 N–H and O–H groups in total. The smallest absolute Gasteiger partial charge is 0.270 e. The fourth-order valence-corrected chi connectivity index (χ4v) is 1.85. The van der Waals surface area contributed by atoms with E-state index in [1.165, 1.54) is 0 Å². The van der Waals surface area contributed by atoms with Gasteiger partial charge in [0.05, 0.1) is 23.1 Å². The predicted molar refractivity (Wildman–Crippen MR) is 85.9 cm³/mol. The molecule has 1 heterocycles. The van der Waals surface area contributed by atoms with Crippen molar-refractivity contribution >= 4 is 17.3 Å². The number of hydrogen-bond donors (Lipinski definition) is 2. The molecule has 1 aromatic heterocycles. The molecule has 0 aliphatic carbocycles. The number of carbonyl (C=O) groups excluding carboxylic acids is 1. The number of hydrogen-bond acceptors (Lipinski definition) is 4. The van der Waals surface area contributed by atoms with Gasteiger partial charge in [0.2, 0.25) is 0 Å². The lowest BCUT2D eigenvalue weighted by Crippen LogP contribution is -2.32. The Morgan fingerprint density at radius 3 is 2.73 bits per heavy atom. The van der Waals surface area contributed by atoms with E-state index in [0.717, 1.165) is 12.1 Å². The van der Waals surface area contributed by atoms with Gasteiger partial charge in [-0.2, -0.15) is 5.26 Å². The Labute approximate surface area is 130 Å². The van der Waals surface area contributed by atoms with Crippen LogP contribution in [-0.2, 0) is 0 Å². The predicted octanol–water partition coefficient (Wildman–Crippen LogP) is 3.23. The van der Waals surface area contributed by atoms with Crippen LogP contribution in [0.3, 0.4) is 0 Å². The molecule has 0 spiro atoms. The number of pyridine rings is 1. The van der Waals surface area contributed by atoms with E-state index in [2.05, 4.69) is 21.7 Å². The zero-order valence-corrected chi connectivity index (χ0v) is 12.6. The van der Waals surface area contributed by atoms with Crippen LogP contribution in [0.15, 0.2) is 42.6 Å². The van der Waals surface area contributed by atoms with E-state index < -0.39 is 0 Å². The molecule has 1 aromatic carbocycles. The molecule has 5 nitrogen and oxygen atoms in total. The van der Waals surface area contributed by atoms with E-state index in [1.54, 1.807) is 24.4 Å². The zero-order chi connectivity index (χ0) is 15.9. The van der Waals surface area contributed by atoms with E-state index in [1.807, 2.05) is 32.0 Å². The second kappa shape index (κ2) is 7.23. The highest BCUT2D eigenvalue weighted by Crippen LogP contribution is 2.19. The molecule has 1 unspecified atom stereocenters. The number of rotatable bonds is 5. The van der Waals surface area contributed by atoms with Crippen LogP contribution in [0.5, 0.6) is 0 Å². The molecule has 2 aromatic rings. The van der Waals surface area contributed by atoms with Crippen molar-refractivity contribution in [3.05, 3.63) is 53.9 Å². The minimum Gasteiger partial charge on any atom is -0.353 e. The molecule has 1 atom stereocenters. The molecule has 0 aliphatic rings. The van der Waals surface area contributed by atoms with Crippen LogP contribution in [-0.4, -0.2) is 16.9 Å². The summed E-state index contributed by atoms with van der Waals surface area (Å²) in [5, 5.41) is 15.1. The number of nitrogens with one attached hydrogen (secondary N) is 2. The Hall–Kier alpha value is -2.87. The van der Waals surface area contributed by atoms with Crippen LogP contribution in [0.1, 0.15) is 36.3 Å². The Morgan fingerprint density at radius 1 is 1.32 bits per heavy atom. The highest BCUT2D eigenvalue weighted by Gasteiger charge is 2.10. The molecule has 0 bridgehead atoms. The summed E-state index contributed by atoms with van der Waals surface area (Å²) in [7, 11) is 0. The number of carbonyl (C=O) groups is 1. The van der Waals surface area contributed by atoms with Crippen molar-refractivity contribution in [1.82, 2.24) is 10.3 Å². The van der Waals surface area contributed by atoms with Crippen molar-refractivity contribution in [1.29, 1.82) is 5.26 Å². The third-order valence-corrected chi connectivity index (χ3v) is 3.31. The quantitative estimate of drug-likeness (QED) is 0.887. The van der Waals surface area contributed by atoms with Crippen LogP contribution in [0.4, 0.5) is 11.4 Å². The number of amides is 1. The summed E-state index contributed by atoms with van der Waals surface area (Å²) >= 11 is 0. The van der Waals surface area contributed by atoms with Gasteiger partial charge in [0.1, 0.15) is 11.8 Å². The first-order chi connectivity index (χ1) is 10.6. The minimum atomic E-state index is -0.182. The van der Waals surface area contributed by atoms with Crippen molar-refractivity contribution in [3.63, 3.8) is 0 Å². The van der Waals surface area contributed by atoms with Crippen molar-refractivity contribution in [2.75, 3.05) is 5.32 Å². The van der Waals surface area contributed by atoms with Gasteiger partial charge in [0, 0.05) is 6.04 Å². The van der Waals surface area contributed by atoms with E-state index >= 15 is 0 Å². The number of nitrogens with zero attached hydrogens (tertiary/aromatic N) is 2. The Kier molecular flexibility index (Phi) is 5.10. The molecule has 0 aliphatic heterocycles. The van der Waals surface area contributed by atoms with Crippen molar-refractivity contribution in [3.8, 4) is 6.07 Å². The molecule has 0 saturated carbocycles. The van der Waals surface area contributed by atoms with E-state index in [0.29, 0.717) is 16.9 Å². The molecule has 0 radical (unpaired) electrons. The Morgan fingerprint density at radius 2 is 2.09 bits per heavy atom. The maximum absolute atomic E-state index is 11.9. The number of benzene rings is 1. The lowest BCUT2D eigenvalue weighted by molar-refractivity contribution is 0.0934. The van der Waals surface area contributed by atoms with Gasteiger partial charge in [-0.3, -0.25) is 4.79 Å². The first kappa shape index (κ1) is 15.5. The normalized spacial score (nSPS) is 11.3. The molecule has 2 rings (SSSR count). The Bertz CT molecular complexity index is 689. The molecule has 0 fully saturated rings. The lowest BCUT2D eigenvalue weighted by Gasteiger charge is -2.11. The molecule has 112 valence electrons. The minimum absolute atomic E-state index is 0.120. The standard InChI is InChI=1S/C17H18N4O/c1-3-12(2)20-17(22)16-9-8-14(11-19-16)21-15-7-5-4-6-13(15)10-18/h4-9,11-12,21H,3H2,1-2H3,(H,20,22). The van der Waals surface area contributed by atoms with E-state index in [9.17, 15) is 4.79 Å². The molecular formula is C17H18N4O. The molecule has 5 heteroatoms. The van der Waals surface area contributed by atoms with Gasteiger partial charge in [-0.05, 0) is 37.6 Å². The van der Waals surface area contributed by atoms with Crippen LogP contribution in [0, 0.1) is 11.3 Å². The zero-order valence-electron chi connectivity index (χ0n) is 12.6. The average molecular weight is 294 g/mol. The number of para-hydroxylation sites is 1. The maximum Gasteiger partial charge on any atom is 0.270 e. The first-order valence-electron chi connectivity index (χ1n) is 7.17. The SMILES string of the molecule is CCC(C)NC(=O)c1ccc(Nc2ccccc2C#N)cn1. The second-order valence-electron chi connectivity index (χ2n) is 5.00. The summed E-state index contributed by atoms with van der Waals surface area (Å²) in [6.45, 7) is 3.96. The van der Waals surface area contributed by atoms with Gasteiger partial charge >= 0.3 is 0 Å². The lowest BCUT2D eigenvalue weighted by atomic mass is 10.2. The monoisotopic (exact) mass is 294 g/mol. The van der Waals surface area contributed by atoms with Crippen molar-refractivity contribution < 1.29 is 4.79 Å². The number of aromatic nitrogens is 1. The summed E-state index contributed by atoms with van der Waals surface area (Å²) in [4.78, 5) is 16.1. The average Bonchev–Trinajstić information content (AvgIpc) is 2.55. The van der Waals surface area contributed by atoms with Crippen molar-refractivity contribution in [2.45, 2.75) is 26.3 Å². The van der Waals surface area contributed by atoms with Gasteiger partial charge in [0.15, 0.2) is 0 Å². The highest BCUT2D eigenvalue weighted by atomic mass is 16.1. The third-order valence-electron chi connectivity index (χ3n) is 3.31. The van der Waals surface area contributed by atoms with Gasteiger partial charge in [-0.25, -0.2) is 4.98 Å². The van der Waals surface area contributed by atoms with E-state index in [4.69, 9.17) is 5.26 Å². The number of anilines is 2. The molecule has 22 heavy (non-hydrogen) atoms. The highest BCUT2D eigenvalue weighted by molar-refractivity contribution is 5.92. The summed E-state index contributed by atoms with van der Waals surface area (Å²) < 4.78 is 0. The summed E-state index contributed by atoms with van der Waals surface area (Å²) in [6, 6.07) is 12.9. The fourth-order valence-electron chi connectivity index (χ4n) is 1.85. The Balaban J connectivity index is 2.09. The van der Waals surface area contributed by atoms with E-state index in [-0.39, 0.29) is 11.9 Å². The molecular weight excluding hydrogens is 276 g/mol. The molecule has 1 amide bonds. The van der Waals surface area contributed by atoms with Gasteiger partial charge in [-0.1, -0.05) is 19.1 Å². The largest absolute Gasteiger partial charge is 0.353 e. The number of nitriles is 1. The van der Waals surface area contributed by atoms with Crippen LogP contribution < -0.4 is 10.6 Å².